The summed E-state index contributed by atoms with van der Waals surface area (Å²) in [5.74, 6) is -0.0526. The number of rotatable bonds is 2. The van der Waals surface area contributed by atoms with Gasteiger partial charge < -0.3 is 14.4 Å². The molecule has 1 N–H and O–H groups in total. The third kappa shape index (κ3) is 2.12. The summed E-state index contributed by atoms with van der Waals surface area (Å²) >= 11 is 3.34. The second-order valence-corrected chi connectivity index (χ2v) is 5.59. The van der Waals surface area contributed by atoms with Gasteiger partial charge in [-0.3, -0.25) is 0 Å². The smallest absolute Gasteiger partial charge is 0.339 e. The van der Waals surface area contributed by atoms with Crippen molar-refractivity contribution in [1.29, 1.82) is 0 Å². The van der Waals surface area contributed by atoms with Crippen LogP contribution in [0.25, 0.3) is 11.3 Å². The van der Waals surface area contributed by atoms with Crippen LogP contribution in [0.4, 0.5) is 0 Å². The van der Waals surface area contributed by atoms with Crippen molar-refractivity contribution in [3.8, 4) is 17.0 Å². The first kappa shape index (κ1) is 13.2. The van der Waals surface area contributed by atoms with Gasteiger partial charge in [-0.05, 0) is 53.0 Å². The predicted octanol–water partition coefficient (Wildman–Crippen LogP) is 3.36. The molecule has 0 saturated carbocycles. The number of aromatic hydroxyl groups is 1. The highest BCUT2D eigenvalue weighted by molar-refractivity contribution is 9.10. The molecule has 0 amide bonds. The van der Waals surface area contributed by atoms with Crippen molar-refractivity contribution >= 4 is 21.9 Å². The van der Waals surface area contributed by atoms with E-state index in [4.69, 9.17) is 4.74 Å². The zero-order valence-corrected chi connectivity index (χ0v) is 12.6. The number of ether oxygens (including phenoxy) is 1. The second kappa shape index (κ2) is 4.98. The summed E-state index contributed by atoms with van der Waals surface area (Å²) in [5.41, 5.74) is 3.68. The maximum absolute atomic E-state index is 11.8. The summed E-state index contributed by atoms with van der Waals surface area (Å²) in [6.45, 7) is 2.96. The molecule has 1 aromatic heterocycles. The van der Waals surface area contributed by atoms with Gasteiger partial charge in [-0.25, -0.2) is 4.79 Å². The number of carbonyl (C=O) groups is 1. The second-order valence-electron chi connectivity index (χ2n) is 4.74. The van der Waals surface area contributed by atoms with Crippen LogP contribution in [0.3, 0.4) is 0 Å². The Labute approximate surface area is 125 Å². The molecule has 0 bridgehead atoms. The van der Waals surface area contributed by atoms with Crippen molar-refractivity contribution in [2.24, 2.45) is 0 Å². The molecule has 4 nitrogen and oxygen atoms in total. The van der Waals surface area contributed by atoms with Crippen LogP contribution in [-0.2, 0) is 17.7 Å². The Morgan fingerprint density at radius 1 is 1.45 bits per heavy atom. The Bertz CT molecular complexity index is 691. The molecule has 0 atom stereocenters. The van der Waals surface area contributed by atoms with E-state index in [0.29, 0.717) is 16.6 Å². The van der Waals surface area contributed by atoms with Gasteiger partial charge >= 0.3 is 5.97 Å². The molecule has 5 heteroatoms. The quantitative estimate of drug-likeness (QED) is 0.856. The van der Waals surface area contributed by atoms with Crippen molar-refractivity contribution in [2.75, 3.05) is 6.61 Å². The molecule has 0 spiro atoms. The summed E-state index contributed by atoms with van der Waals surface area (Å²) in [6, 6.07) is 5.52. The summed E-state index contributed by atoms with van der Waals surface area (Å²) in [5, 5.41) is 9.76. The lowest BCUT2D eigenvalue weighted by Crippen LogP contribution is -2.09. The predicted molar refractivity (Wildman–Crippen MR) is 78.9 cm³/mol. The molecule has 0 unspecified atom stereocenters. The van der Waals surface area contributed by atoms with Crippen molar-refractivity contribution in [2.45, 2.75) is 19.9 Å². The minimum absolute atomic E-state index is 0.245. The van der Waals surface area contributed by atoms with Gasteiger partial charge in [0, 0.05) is 24.0 Å². The number of phenols is 1. The van der Waals surface area contributed by atoms with Gasteiger partial charge in [-0.1, -0.05) is 0 Å². The van der Waals surface area contributed by atoms with Gasteiger partial charge in [0.15, 0.2) is 0 Å². The Balaban J connectivity index is 2.08. The van der Waals surface area contributed by atoms with Gasteiger partial charge in [-0.2, -0.15) is 0 Å². The topological polar surface area (TPSA) is 51.5 Å². The number of aromatic nitrogens is 1. The van der Waals surface area contributed by atoms with Crippen molar-refractivity contribution < 1.29 is 14.6 Å². The van der Waals surface area contributed by atoms with Crippen LogP contribution in [-0.4, -0.2) is 22.2 Å². The fraction of sp³-hybridized carbons (Fsp3) is 0.267. The summed E-state index contributed by atoms with van der Waals surface area (Å²) in [7, 11) is 0. The highest BCUT2D eigenvalue weighted by Crippen LogP contribution is 2.37. The van der Waals surface area contributed by atoms with Crippen molar-refractivity contribution in [1.82, 2.24) is 4.57 Å². The van der Waals surface area contributed by atoms with E-state index in [1.807, 2.05) is 18.3 Å². The molecule has 0 fully saturated rings. The molecule has 2 heterocycles. The van der Waals surface area contributed by atoms with Gasteiger partial charge in [0.1, 0.15) is 5.75 Å². The highest BCUT2D eigenvalue weighted by atomic mass is 79.9. The number of halogens is 1. The summed E-state index contributed by atoms with van der Waals surface area (Å²) < 4.78 is 7.74. The van der Waals surface area contributed by atoms with E-state index in [1.54, 1.807) is 13.0 Å². The van der Waals surface area contributed by atoms with E-state index in [9.17, 15) is 9.90 Å². The number of fused-ring (bicyclic) bond motifs is 3. The molecule has 2 aromatic rings. The average Bonchev–Trinajstić information content (AvgIpc) is 2.85. The fourth-order valence-corrected chi connectivity index (χ4v) is 2.88. The zero-order chi connectivity index (χ0) is 14.3. The fourth-order valence-electron chi connectivity index (χ4n) is 2.54. The van der Waals surface area contributed by atoms with Crippen LogP contribution in [0.5, 0.6) is 5.75 Å². The molecular formula is C15H14BrNO3. The molecule has 0 radical (unpaired) electrons. The lowest BCUT2D eigenvalue weighted by Gasteiger charge is -2.19. The molecule has 104 valence electrons. The highest BCUT2D eigenvalue weighted by Gasteiger charge is 2.21. The molecule has 20 heavy (non-hydrogen) atoms. The van der Waals surface area contributed by atoms with Crippen LogP contribution in [0.1, 0.15) is 22.8 Å². The van der Waals surface area contributed by atoms with E-state index in [1.165, 1.54) is 0 Å². The van der Waals surface area contributed by atoms with Crippen molar-refractivity contribution in [3.05, 3.63) is 40.0 Å². The largest absolute Gasteiger partial charge is 0.507 e. The van der Waals surface area contributed by atoms with E-state index < -0.39 is 0 Å². The van der Waals surface area contributed by atoms with Crippen LogP contribution in [0.15, 0.2) is 28.9 Å². The standard InChI is InChI=1S/C15H14BrNO3/c1-2-20-15(19)10-5-13-11-7-12(16)14(18)6-9(11)3-4-17(13)8-10/h5-8,18H,2-4H2,1H3. The van der Waals surface area contributed by atoms with Crippen LogP contribution < -0.4 is 0 Å². The number of phenolic OH excluding ortho intramolecular Hbond substituents is 1. The maximum atomic E-state index is 11.8. The van der Waals surface area contributed by atoms with Crippen LogP contribution >= 0.6 is 15.9 Å². The first-order valence-electron chi connectivity index (χ1n) is 6.49. The van der Waals surface area contributed by atoms with Crippen LogP contribution in [0, 0.1) is 0 Å². The zero-order valence-electron chi connectivity index (χ0n) is 11.0. The SMILES string of the molecule is CCOC(=O)c1cc2n(c1)CCc1cc(O)c(Br)cc1-2. The van der Waals surface area contributed by atoms with Gasteiger partial charge in [-0.15, -0.1) is 0 Å². The molecule has 1 aliphatic heterocycles. The normalized spacial score (nSPS) is 12.7. The van der Waals surface area contributed by atoms with E-state index in [2.05, 4.69) is 20.5 Å². The maximum Gasteiger partial charge on any atom is 0.339 e. The molecule has 0 saturated heterocycles. The number of aryl methyl sites for hydroxylation is 2. The number of esters is 1. The van der Waals surface area contributed by atoms with Gasteiger partial charge in [0.25, 0.3) is 0 Å². The molecule has 3 rings (SSSR count). The van der Waals surface area contributed by atoms with Gasteiger partial charge in [0.2, 0.25) is 0 Å². The Morgan fingerprint density at radius 2 is 2.25 bits per heavy atom. The lowest BCUT2D eigenvalue weighted by atomic mass is 9.98. The van der Waals surface area contributed by atoms with Gasteiger partial charge in [0.05, 0.1) is 16.6 Å². The van der Waals surface area contributed by atoms with E-state index in [0.717, 1.165) is 29.8 Å². The van der Waals surface area contributed by atoms with E-state index in [-0.39, 0.29) is 11.7 Å². The number of nitrogens with zero attached hydrogens (tertiary/aromatic N) is 1. The minimum Gasteiger partial charge on any atom is -0.507 e. The monoisotopic (exact) mass is 335 g/mol. The van der Waals surface area contributed by atoms with E-state index >= 15 is 0 Å². The van der Waals surface area contributed by atoms with Crippen LogP contribution in [0.2, 0.25) is 0 Å². The number of hydrogen-bond donors (Lipinski definition) is 1. The molecule has 1 aromatic carbocycles. The first-order chi connectivity index (χ1) is 9.60. The third-order valence-electron chi connectivity index (χ3n) is 3.48. The van der Waals surface area contributed by atoms with Crippen molar-refractivity contribution in [3.63, 3.8) is 0 Å². The lowest BCUT2D eigenvalue weighted by molar-refractivity contribution is 0.0526. The summed E-state index contributed by atoms with van der Waals surface area (Å²) in [6.07, 6.45) is 2.66. The first-order valence-corrected chi connectivity index (χ1v) is 7.28. The third-order valence-corrected chi connectivity index (χ3v) is 4.11. The Hall–Kier alpha value is -1.75. The Kier molecular flexibility index (Phi) is 3.30. The number of carbonyl (C=O) groups excluding carboxylic acids is 1. The number of hydrogen-bond acceptors (Lipinski definition) is 3. The summed E-state index contributed by atoms with van der Waals surface area (Å²) in [4.78, 5) is 11.8. The molecule has 1 aliphatic rings. The molecule has 0 aliphatic carbocycles. The number of benzene rings is 1. The average molecular weight is 336 g/mol. The minimum atomic E-state index is -0.297. The Morgan fingerprint density at radius 3 is 3.00 bits per heavy atom. The molecular weight excluding hydrogens is 322 g/mol.